The van der Waals surface area contributed by atoms with Crippen LogP contribution < -0.4 is 9.64 Å². The SMILES string of the molecule is COc1ccccc1N1C(=NC(=O)C2CCCO2)S[C@H]2CS(=O)(=O)C[C@H]21. The quantitative estimate of drug-likeness (QED) is 0.765. The Labute approximate surface area is 156 Å². The van der Waals surface area contributed by atoms with Gasteiger partial charge in [0.15, 0.2) is 15.0 Å². The first kappa shape index (κ1) is 17.8. The summed E-state index contributed by atoms with van der Waals surface area (Å²) in [5, 5.41) is 0.390. The van der Waals surface area contributed by atoms with E-state index in [1.807, 2.05) is 29.2 Å². The molecule has 1 aromatic carbocycles. The molecule has 0 saturated carbocycles. The monoisotopic (exact) mass is 396 g/mol. The van der Waals surface area contributed by atoms with Gasteiger partial charge in [0, 0.05) is 11.9 Å². The molecular weight excluding hydrogens is 376 g/mol. The van der Waals surface area contributed by atoms with E-state index in [1.165, 1.54) is 11.8 Å². The number of methoxy groups -OCH3 is 1. The van der Waals surface area contributed by atoms with Crippen LogP contribution in [0, 0.1) is 0 Å². The molecule has 3 atom stereocenters. The Bertz CT molecular complexity index is 848. The first-order valence-corrected chi connectivity index (χ1v) is 11.2. The average Bonchev–Trinajstić information content (AvgIpc) is 3.29. The molecule has 0 N–H and O–H groups in total. The summed E-state index contributed by atoms with van der Waals surface area (Å²) in [5.41, 5.74) is 0.728. The van der Waals surface area contributed by atoms with Crippen LogP contribution in [0.1, 0.15) is 12.8 Å². The molecule has 1 unspecified atom stereocenters. The predicted molar refractivity (Wildman–Crippen MR) is 101 cm³/mol. The van der Waals surface area contributed by atoms with Crippen LogP contribution in [0.5, 0.6) is 5.75 Å². The van der Waals surface area contributed by atoms with Crippen molar-refractivity contribution in [2.45, 2.75) is 30.2 Å². The number of carbonyl (C=O) groups is 1. The van der Waals surface area contributed by atoms with Gasteiger partial charge in [0.1, 0.15) is 11.9 Å². The molecule has 0 spiro atoms. The number of amides is 1. The third-order valence-electron chi connectivity index (χ3n) is 4.82. The van der Waals surface area contributed by atoms with Crippen LogP contribution in [-0.2, 0) is 19.4 Å². The first-order chi connectivity index (χ1) is 12.5. The number of rotatable bonds is 3. The standard InChI is InChI=1S/C17H20N2O5S2/c1-23-13-6-3-2-5-11(13)19-12-9-26(21,22)10-15(12)25-17(19)18-16(20)14-7-4-8-24-14/h2-3,5-6,12,14-15H,4,7-10H2,1H3/t12-,14?,15+/m1/s1. The van der Waals surface area contributed by atoms with Gasteiger partial charge >= 0.3 is 0 Å². The average molecular weight is 396 g/mol. The van der Waals surface area contributed by atoms with Crippen molar-refractivity contribution in [3.63, 3.8) is 0 Å². The summed E-state index contributed by atoms with van der Waals surface area (Å²) in [6.45, 7) is 0.577. The molecule has 0 aliphatic carbocycles. The summed E-state index contributed by atoms with van der Waals surface area (Å²) < 4.78 is 35.1. The number of anilines is 1. The van der Waals surface area contributed by atoms with Crippen molar-refractivity contribution >= 4 is 38.4 Å². The molecular formula is C17H20N2O5S2. The Balaban J connectivity index is 1.72. The van der Waals surface area contributed by atoms with Gasteiger partial charge in [-0.15, -0.1) is 0 Å². The lowest BCUT2D eigenvalue weighted by molar-refractivity contribution is -0.126. The molecule has 1 amide bonds. The molecule has 4 rings (SSSR count). The van der Waals surface area contributed by atoms with E-state index >= 15 is 0 Å². The lowest BCUT2D eigenvalue weighted by Crippen LogP contribution is -2.38. The lowest BCUT2D eigenvalue weighted by Gasteiger charge is -2.26. The zero-order valence-corrected chi connectivity index (χ0v) is 16.0. The van der Waals surface area contributed by atoms with Crippen molar-refractivity contribution in [2.75, 3.05) is 30.1 Å². The molecule has 26 heavy (non-hydrogen) atoms. The van der Waals surface area contributed by atoms with Crippen LogP contribution in [-0.4, -0.2) is 62.1 Å². The number of amidine groups is 1. The normalized spacial score (nSPS) is 31.3. The van der Waals surface area contributed by atoms with E-state index in [0.29, 0.717) is 23.9 Å². The minimum Gasteiger partial charge on any atom is -0.495 e. The summed E-state index contributed by atoms with van der Waals surface area (Å²) in [6.07, 6.45) is 1.04. The largest absolute Gasteiger partial charge is 0.495 e. The first-order valence-electron chi connectivity index (χ1n) is 8.52. The van der Waals surface area contributed by atoms with E-state index in [0.717, 1.165) is 12.1 Å². The topological polar surface area (TPSA) is 85.3 Å². The molecule has 3 heterocycles. The maximum absolute atomic E-state index is 12.5. The second-order valence-electron chi connectivity index (χ2n) is 6.58. The molecule has 140 valence electrons. The second kappa shape index (κ2) is 6.86. The highest BCUT2D eigenvalue weighted by Gasteiger charge is 2.50. The highest BCUT2D eigenvalue weighted by molar-refractivity contribution is 8.16. The summed E-state index contributed by atoms with van der Waals surface area (Å²) in [6, 6.07) is 7.13. The number of carbonyl (C=O) groups excluding carboxylic acids is 1. The second-order valence-corrected chi connectivity index (χ2v) is 9.94. The van der Waals surface area contributed by atoms with Gasteiger partial charge in [0.25, 0.3) is 5.91 Å². The molecule has 9 heteroatoms. The van der Waals surface area contributed by atoms with Gasteiger partial charge in [0.05, 0.1) is 30.3 Å². The predicted octanol–water partition coefficient (Wildman–Crippen LogP) is 1.48. The maximum atomic E-state index is 12.5. The van der Waals surface area contributed by atoms with Crippen molar-refractivity contribution in [1.29, 1.82) is 0 Å². The van der Waals surface area contributed by atoms with Gasteiger partial charge in [-0.2, -0.15) is 4.99 Å². The van der Waals surface area contributed by atoms with Crippen LogP contribution >= 0.6 is 11.8 Å². The van der Waals surface area contributed by atoms with E-state index in [4.69, 9.17) is 9.47 Å². The highest BCUT2D eigenvalue weighted by Crippen LogP contribution is 2.43. The van der Waals surface area contributed by atoms with Crippen molar-refractivity contribution in [2.24, 2.45) is 4.99 Å². The molecule has 7 nitrogen and oxygen atoms in total. The molecule has 3 aliphatic rings. The summed E-state index contributed by atoms with van der Waals surface area (Å²) in [5.74, 6) is 0.472. The highest BCUT2D eigenvalue weighted by atomic mass is 32.2. The fourth-order valence-electron chi connectivity index (χ4n) is 3.61. The van der Waals surface area contributed by atoms with Gasteiger partial charge < -0.3 is 14.4 Å². The van der Waals surface area contributed by atoms with Crippen LogP contribution in [0.3, 0.4) is 0 Å². The van der Waals surface area contributed by atoms with Crippen LogP contribution in [0.4, 0.5) is 5.69 Å². The molecule has 3 aliphatic heterocycles. The Morgan fingerprint density at radius 1 is 1.35 bits per heavy atom. The molecule has 3 fully saturated rings. The number of hydrogen-bond acceptors (Lipinski definition) is 6. The Morgan fingerprint density at radius 3 is 2.88 bits per heavy atom. The zero-order valence-electron chi connectivity index (χ0n) is 14.3. The van der Waals surface area contributed by atoms with Crippen LogP contribution in [0.2, 0.25) is 0 Å². The van der Waals surface area contributed by atoms with Crippen molar-refractivity contribution < 1.29 is 22.7 Å². The maximum Gasteiger partial charge on any atom is 0.277 e. The number of nitrogens with zero attached hydrogens (tertiary/aromatic N) is 2. The van der Waals surface area contributed by atoms with Gasteiger partial charge in [-0.1, -0.05) is 23.9 Å². The van der Waals surface area contributed by atoms with E-state index < -0.39 is 15.9 Å². The van der Waals surface area contributed by atoms with E-state index in [-0.39, 0.29) is 28.7 Å². The van der Waals surface area contributed by atoms with Gasteiger partial charge in [-0.3, -0.25) is 4.79 Å². The van der Waals surface area contributed by atoms with Gasteiger partial charge in [-0.25, -0.2) is 8.42 Å². The summed E-state index contributed by atoms with van der Waals surface area (Å²) in [4.78, 5) is 18.6. The lowest BCUT2D eigenvalue weighted by atomic mass is 10.2. The molecule has 3 saturated heterocycles. The fraction of sp³-hybridized carbons (Fsp3) is 0.529. The summed E-state index contributed by atoms with van der Waals surface area (Å²) >= 11 is 1.36. The van der Waals surface area contributed by atoms with Gasteiger partial charge in [-0.05, 0) is 25.0 Å². The Hall–Kier alpha value is -1.58. The molecule has 1 aromatic rings. The molecule has 0 aromatic heterocycles. The molecule has 0 radical (unpaired) electrons. The van der Waals surface area contributed by atoms with E-state index in [1.54, 1.807) is 7.11 Å². The third kappa shape index (κ3) is 3.23. The van der Waals surface area contributed by atoms with E-state index in [9.17, 15) is 13.2 Å². The third-order valence-corrected chi connectivity index (χ3v) is 8.03. The molecule has 0 bridgehead atoms. The number of ether oxygens (including phenoxy) is 2. The van der Waals surface area contributed by atoms with Crippen LogP contribution in [0.15, 0.2) is 29.3 Å². The van der Waals surface area contributed by atoms with Crippen molar-refractivity contribution in [1.82, 2.24) is 0 Å². The minimum atomic E-state index is -3.10. The number of sulfone groups is 1. The minimum absolute atomic E-state index is 0.0514. The van der Waals surface area contributed by atoms with E-state index in [2.05, 4.69) is 4.99 Å². The zero-order chi connectivity index (χ0) is 18.3. The number of fused-ring (bicyclic) bond motifs is 1. The van der Waals surface area contributed by atoms with Crippen molar-refractivity contribution in [3.05, 3.63) is 24.3 Å². The van der Waals surface area contributed by atoms with Crippen LogP contribution in [0.25, 0.3) is 0 Å². The fourth-order valence-corrected chi connectivity index (χ4v) is 7.53. The number of benzene rings is 1. The summed E-state index contributed by atoms with van der Waals surface area (Å²) in [7, 11) is -1.53. The number of aliphatic imine (C=N–C) groups is 1. The Kier molecular flexibility index (Phi) is 4.70. The van der Waals surface area contributed by atoms with Crippen molar-refractivity contribution in [3.8, 4) is 5.75 Å². The Morgan fingerprint density at radius 2 is 2.15 bits per heavy atom. The number of thioether (sulfide) groups is 1. The smallest absolute Gasteiger partial charge is 0.277 e. The van der Waals surface area contributed by atoms with Gasteiger partial charge in [0.2, 0.25) is 0 Å². The number of hydrogen-bond donors (Lipinski definition) is 0. The number of para-hydroxylation sites is 2.